The fourth-order valence-electron chi connectivity index (χ4n) is 1.36. The average Bonchev–Trinajstić information content (AvgIpc) is 2.37. The van der Waals surface area contributed by atoms with E-state index in [2.05, 4.69) is 20.7 Å². The molecule has 7 heteroatoms. The summed E-state index contributed by atoms with van der Waals surface area (Å²) in [6, 6.07) is 0. The number of hydrogen-bond acceptors (Lipinski definition) is 7. The van der Waals surface area contributed by atoms with Crippen LogP contribution in [0.4, 0.5) is 11.6 Å². The maximum atomic E-state index is 9.43. The fourth-order valence-corrected chi connectivity index (χ4v) is 1.36. The van der Waals surface area contributed by atoms with Crippen LogP contribution in [-0.2, 0) is 0 Å². The molecule has 1 heterocycles. The van der Waals surface area contributed by atoms with Crippen molar-refractivity contribution in [2.24, 2.45) is 5.84 Å². The lowest BCUT2D eigenvalue weighted by Crippen LogP contribution is -2.15. The molecule has 17 heavy (non-hydrogen) atoms. The molecule has 0 bridgehead atoms. The molecule has 0 radical (unpaired) electrons. The Hall–Kier alpha value is -1.60. The molecule has 7 nitrogen and oxygen atoms in total. The van der Waals surface area contributed by atoms with Crippen LogP contribution in [0.25, 0.3) is 0 Å². The lowest BCUT2D eigenvalue weighted by atomic mass is 10.2. The number of nitrogens with zero attached hydrogens (tertiary/aromatic N) is 2. The third kappa shape index (κ3) is 3.72. The number of ether oxygens (including phenoxy) is 1. The summed E-state index contributed by atoms with van der Waals surface area (Å²) < 4.78 is 5.16. The maximum absolute atomic E-state index is 9.43. The van der Waals surface area contributed by atoms with Gasteiger partial charge in [0.2, 0.25) is 5.75 Å². The third-order valence-electron chi connectivity index (χ3n) is 2.39. The highest BCUT2D eigenvalue weighted by atomic mass is 16.5. The zero-order valence-electron chi connectivity index (χ0n) is 10.1. The molecule has 1 unspecified atom stereocenters. The van der Waals surface area contributed by atoms with Crippen molar-refractivity contribution in [3.63, 3.8) is 0 Å². The first-order chi connectivity index (χ1) is 8.22. The Morgan fingerprint density at radius 3 is 2.76 bits per heavy atom. The minimum Gasteiger partial charge on any atom is -0.490 e. The number of nitrogens with one attached hydrogen (secondary N) is 2. The number of methoxy groups -OCH3 is 1. The van der Waals surface area contributed by atoms with E-state index in [0.717, 1.165) is 6.42 Å². The van der Waals surface area contributed by atoms with E-state index >= 15 is 0 Å². The zero-order valence-corrected chi connectivity index (χ0v) is 10.1. The minimum atomic E-state index is -0.303. The van der Waals surface area contributed by atoms with Gasteiger partial charge >= 0.3 is 0 Å². The number of nitrogen functional groups attached to an aromatic ring is 1. The van der Waals surface area contributed by atoms with Crippen LogP contribution in [0.3, 0.4) is 0 Å². The van der Waals surface area contributed by atoms with Gasteiger partial charge in [-0.1, -0.05) is 6.92 Å². The summed E-state index contributed by atoms with van der Waals surface area (Å²) >= 11 is 0. The number of aliphatic hydroxyl groups is 1. The molecule has 0 aliphatic carbocycles. The Balaban J connectivity index is 2.64. The number of rotatable bonds is 7. The molecule has 0 saturated carbocycles. The number of hydrogen-bond donors (Lipinski definition) is 4. The first kappa shape index (κ1) is 13.5. The second-order valence-electron chi connectivity index (χ2n) is 3.53. The Labute approximate surface area is 100 Å². The lowest BCUT2D eigenvalue weighted by Gasteiger charge is -2.13. The zero-order chi connectivity index (χ0) is 12.7. The lowest BCUT2D eigenvalue weighted by molar-refractivity contribution is 0.164. The number of aromatic nitrogens is 2. The van der Waals surface area contributed by atoms with Gasteiger partial charge in [-0.15, -0.1) is 0 Å². The van der Waals surface area contributed by atoms with E-state index in [1.807, 2.05) is 6.92 Å². The molecule has 1 aromatic heterocycles. The van der Waals surface area contributed by atoms with E-state index in [9.17, 15) is 5.11 Å². The molecule has 5 N–H and O–H groups in total. The molecule has 0 aliphatic rings. The number of anilines is 2. The molecule has 0 aromatic carbocycles. The van der Waals surface area contributed by atoms with Gasteiger partial charge < -0.3 is 20.6 Å². The summed E-state index contributed by atoms with van der Waals surface area (Å²) in [5.74, 6) is 6.74. The van der Waals surface area contributed by atoms with E-state index in [1.54, 1.807) is 0 Å². The van der Waals surface area contributed by atoms with Gasteiger partial charge in [-0.05, 0) is 12.8 Å². The summed E-state index contributed by atoms with van der Waals surface area (Å²) in [5.41, 5.74) is 2.43. The quantitative estimate of drug-likeness (QED) is 0.403. The first-order valence-electron chi connectivity index (χ1n) is 5.50. The van der Waals surface area contributed by atoms with E-state index in [0.29, 0.717) is 30.4 Å². The normalized spacial score (nSPS) is 12.0. The Bertz CT molecular complexity index is 347. The van der Waals surface area contributed by atoms with E-state index in [4.69, 9.17) is 10.6 Å². The van der Waals surface area contributed by atoms with Crippen LogP contribution in [-0.4, -0.2) is 34.8 Å². The van der Waals surface area contributed by atoms with Crippen molar-refractivity contribution < 1.29 is 9.84 Å². The Morgan fingerprint density at radius 2 is 2.18 bits per heavy atom. The van der Waals surface area contributed by atoms with E-state index < -0.39 is 0 Å². The van der Waals surface area contributed by atoms with Gasteiger partial charge in [0.15, 0.2) is 11.6 Å². The standard InChI is InChI=1S/C10H19N5O2/c1-3-7(16)4-5-12-9-8(17-2)10(15-11)14-6-13-9/h6-7,16H,3-5,11H2,1-2H3,(H2,12,13,14,15). The predicted octanol–water partition coefficient (Wildman–Crippen LogP) is 0.344. The summed E-state index contributed by atoms with van der Waals surface area (Å²) in [5, 5.41) is 12.5. The first-order valence-corrected chi connectivity index (χ1v) is 5.50. The van der Waals surface area contributed by atoms with Crippen molar-refractivity contribution in [3.05, 3.63) is 6.33 Å². The van der Waals surface area contributed by atoms with Gasteiger partial charge in [0, 0.05) is 6.54 Å². The third-order valence-corrected chi connectivity index (χ3v) is 2.39. The summed E-state index contributed by atoms with van der Waals surface area (Å²) in [6.07, 6.45) is 2.46. The molecule has 0 aliphatic heterocycles. The molecular weight excluding hydrogens is 222 g/mol. The van der Waals surface area contributed by atoms with Gasteiger partial charge in [-0.25, -0.2) is 15.8 Å². The summed E-state index contributed by atoms with van der Waals surface area (Å²) in [7, 11) is 1.52. The molecule has 0 saturated heterocycles. The molecule has 96 valence electrons. The number of aliphatic hydroxyl groups excluding tert-OH is 1. The van der Waals surface area contributed by atoms with Crippen molar-refractivity contribution in [1.82, 2.24) is 9.97 Å². The predicted molar refractivity (Wildman–Crippen MR) is 65.8 cm³/mol. The molecular formula is C10H19N5O2. The van der Waals surface area contributed by atoms with Crippen molar-refractivity contribution in [2.75, 3.05) is 24.4 Å². The van der Waals surface area contributed by atoms with Crippen LogP contribution in [0.5, 0.6) is 5.75 Å². The highest BCUT2D eigenvalue weighted by Crippen LogP contribution is 2.27. The second-order valence-corrected chi connectivity index (χ2v) is 3.53. The highest BCUT2D eigenvalue weighted by molar-refractivity contribution is 5.62. The molecule has 1 rings (SSSR count). The van der Waals surface area contributed by atoms with Crippen LogP contribution < -0.4 is 21.3 Å². The van der Waals surface area contributed by atoms with Crippen molar-refractivity contribution >= 4 is 11.6 Å². The molecule has 1 aromatic rings. The average molecular weight is 241 g/mol. The monoisotopic (exact) mass is 241 g/mol. The Kier molecular flexibility index (Phi) is 5.44. The summed E-state index contributed by atoms with van der Waals surface area (Å²) in [6.45, 7) is 2.54. The van der Waals surface area contributed by atoms with Crippen molar-refractivity contribution in [2.45, 2.75) is 25.9 Å². The van der Waals surface area contributed by atoms with Gasteiger partial charge in [0.1, 0.15) is 6.33 Å². The van der Waals surface area contributed by atoms with Crippen LogP contribution in [0, 0.1) is 0 Å². The topological polar surface area (TPSA) is 105 Å². The molecule has 1 atom stereocenters. The second kappa shape index (κ2) is 6.87. The van der Waals surface area contributed by atoms with Crippen LogP contribution >= 0.6 is 0 Å². The van der Waals surface area contributed by atoms with Crippen LogP contribution in [0.15, 0.2) is 6.33 Å². The Morgan fingerprint density at radius 1 is 1.47 bits per heavy atom. The van der Waals surface area contributed by atoms with Gasteiger partial charge in [-0.2, -0.15) is 0 Å². The van der Waals surface area contributed by atoms with Crippen molar-refractivity contribution in [3.8, 4) is 5.75 Å². The number of hydrazine groups is 1. The SMILES string of the molecule is CCC(O)CCNc1ncnc(NN)c1OC. The van der Waals surface area contributed by atoms with Crippen LogP contribution in [0.1, 0.15) is 19.8 Å². The van der Waals surface area contributed by atoms with E-state index in [-0.39, 0.29) is 6.10 Å². The highest BCUT2D eigenvalue weighted by Gasteiger charge is 2.11. The molecule has 0 spiro atoms. The summed E-state index contributed by atoms with van der Waals surface area (Å²) in [4.78, 5) is 7.98. The van der Waals surface area contributed by atoms with Gasteiger partial charge in [-0.3, -0.25) is 0 Å². The minimum absolute atomic E-state index is 0.303. The van der Waals surface area contributed by atoms with Gasteiger partial charge in [0.05, 0.1) is 13.2 Å². The van der Waals surface area contributed by atoms with Crippen LogP contribution in [0.2, 0.25) is 0 Å². The fraction of sp³-hybridized carbons (Fsp3) is 0.600. The maximum Gasteiger partial charge on any atom is 0.205 e. The smallest absolute Gasteiger partial charge is 0.205 e. The molecule has 0 amide bonds. The van der Waals surface area contributed by atoms with Crippen molar-refractivity contribution in [1.29, 1.82) is 0 Å². The largest absolute Gasteiger partial charge is 0.490 e. The van der Waals surface area contributed by atoms with E-state index in [1.165, 1.54) is 13.4 Å². The van der Waals surface area contributed by atoms with Gasteiger partial charge in [0.25, 0.3) is 0 Å². The molecule has 0 fully saturated rings. The number of nitrogens with two attached hydrogens (primary N) is 1.